The van der Waals surface area contributed by atoms with Crippen LogP contribution in [0.25, 0.3) is 0 Å². The average molecular weight is 299 g/mol. The fraction of sp³-hybridized carbons (Fsp3) is 0.571. The van der Waals surface area contributed by atoms with Gasteiger partial charge in [-0.05, 0) is 32.9 Å². The van der Waals surface area contributed by atoms with Crippen LogP contribution in [0.2, 0.25) is 5.15 Å². The van der Waals surface area contributed by atoms with Gasteiger partial charge in [-0.2, -0.15) is 0 Å². The minimum atomic E-state index is -0.451. The van der Waals surface area contributed by atoms with Crippen LogP contribution in [0.4, 0.5) is 4.79 Å². The standard InChI is InChI=1S/C14H19ClN2O3/c1-14(2,3)20-13(18)17-7-10(8-17)9-19-11-4-5-12(15)16-6-11/h4-6,10H,7-9H2,1-3H3. The van der Waals surface area contributed by atoms with Crippen LogP contribution in [0.5, 0.6) is 5.75 Å². The van der Waals surface area contributed by atoms with Crippen molar-refractivity contribution in [3.05, 3.63) is 23.5 Å². The van der Waals surface area contributed by atoms with Crippen LogP contribution in [0.3, 0.4) is 0 Å². The molecule has 0 aromatic carbocycles. The molecule has 110 valence electrons. The number of likely N-dealkylation sites (tertiary alicyclic amines) is 1. The Kier molecular flexibility index (Phi) is 4.38. The van der Waals surface area contributed by atoms with Crippen molar-refractivity contribution in [1.82, 2.24) is 9.88 Å². The Morgan fingerprint density at radius 2 is 2.15 bits per heavy atom. The highest BCUT2D eigenvalue weighted by molar-refractivity contribution is 6.29. The summed E-state index contributed by atoms with van der Waals surface area (Å²) in [6.45, 7) is 7.46. The monoisotopic (exact) mass is 298 g/mol. The molecule has 2 heterocycles. The maximum absolute atomic E-state index is 11.7. The van der Waals surface area contributed by atoms with Gasteiger partial charge in [-0.15, -0.1) is 0 Å². The summed E-state index contributed by atoms with van der Waals surface area (Å²) in [5, 5.41) is 0.442. The average Bonchev–Trinajstić information content (AvgIpc) is 2.27. The van der Waals surface area contributed by atoms with E-state index in [1.165, 1.54) is 0 Å². The van der Waals surface area contributed by atoms with Crippen LogP contribution in [-0.2, 0) is 4.74 Å². The Hall–Kier alpha value is -1.49. The first-order chi connectivity index (χ1) is 9.33. The van der Waals surface area contributed by atoms with Gasteiger partial charge in [0, 0.05) is 19.0 Å². The summed E-state index contributed by atoms with van der Waals surface area (Å²) in [6.07, 6.45) is 1.33. The third-order valence-corrected chi connectivity index (χ3v) is 3.02. The smallest absolute Gasteiger partial charge is 0.410 e. The van der Waals surface area contributed by atoms with Gasteiger partial charge in [-0.1, -0.05) is 11.6 Å². The fourth-order valence-electron chi connectivity index (χ4n) is 1.81. The molecule has 0 atom stereocenters. The molecule has 1 aliphatic heterocycles. The lowest BCUT2D eigenvalue weighted by Gasteiger charge is -2.39. The van der Waals surface area contributed by atoms with Crippen molar-refractivity contribution in [2.24, 2.45) is 5.92 Å². The van der Waals surface area contributed by atoms with Crippen molar-refractivity contribution >= 4 is 17.7 Å². The first kappa shape index (κ1) is 14.9. The zero-order chi connectivity index (χ0) is 14.8. The number of carbonyl (C=O) groups is 1. The van der Waals surface area contributed by atoms with Crippen molar-refractivity contribution in [3.8, 4) is 5.75 Å². The molecular formula is C14H19ClN2O3. The van der Waals surface area contributed by atoms with E-state index in [-0.39, 0.29) is 6.09 Å². The molecule has 1 amide bonds. The van der Waals surface area contributed by atoms with Gasteiger partial charge in [0.25, 0.3) is 0 Å². The highest BCUT2D eigenvalue weighted by atomic mass is 35.5. The second-order valence-corrected chi connectivity index (χ2v) is 6.27. The predicted molar refractivity (Wildman–Crippen MR) is 76.0 cm³/mol. The van der Waals surface area contributed by atoms with E-state index in [1.54, 1.807) is 23.2 Å². The summed E-state index contributed by atoms with van der Waals surface area (Å²) in [7, 11) is 0. The van der Waals surface area contributed by atoms with Crippen LogP contribution in [0.1, 0.15) is 20.8 Å². The van der Waals surface area contributed by atoms with Gasteiger partial charge in [0.15, 0.2) is 0 Å². The lowest BCUT2D eigenvalue weighted by molar-refractivity contribution is -0.00783. The summed E-state index contributed by atoms with van der Waals surface area (Å²) in [4.78, 5) is 17.4. The van der Waals surface area contributed by atoms with Crippen molar-refractivity contribution in [2.75, 3.05) is 19.7 Å². The first-order valence-electron chi connectivity index (χ1n) is 6.56. The lowest BCUT2D eigenvalue weighted by Crippen LogP contribution is -2.53. The van der Waals surface area contributed by atoms with Gasteiger partial charge in [0.2, 0.25) is 0 Å². The highest BCUT2D eigenvalue weighted by Gasteiger charge is 2.33. The second kappa shape index (κ2) is 5.87. The number of carbonyl (C=O) groups excluding carboxylic acids is 1. The molecule has 1 aromatic rings. The topological polar surface area (TPSA) is 51.7 Å². The lowest BCUT2D eigenvalue weighted by atomic mass is 10.0. The van der Waals surface area contributed by atoms with Crippen LogP contribution >= 0.6 is 11.6 Å². The Morgan fingerprint density at radius 3 is 2.70 bits per heavy atom. The molecule has 20 heavy (non-hydrogen) atoms. The van der Waals surface area contributed by atoms with Gasteiger partial charge in [0.1, 0.15) is 16.5 Å². The summed E-state index contributed by atoms with van der Waals surface area (Å²) in [6, 6.07) is 3.46. The zero-order valence-corrected chi connectivity index (χ0v) is 12.7. The minimum absolute atomic E-state index is 0.262. The van der Waals surface area contributed by atoms with E-state index < -0.39 is 5.60 Å². The quantitative estimate of drug-likeness (QED) is 0.805. The maximum atomic E-state index is 11.7. The fourth-order valence-corrected chi connectivity index (χ4v) is 1.92. The van der Waals surface area contributed by atoms with Gasteiger partial charge in [-0.3, -0.25) is 0 Å². The molecule has 6 heteroatoms. The normalized spacial score (nSPS) is 15.7. The molecule has 0 saturated carbocycles. The SMILES string of the molecule is CC(C)(C)OC(=O)N1CC(COc2ccc(Cl)nc2)C1. The van der Waals surface area contributed by atoms with Crippen LogP contribution in [0, 0.1) is 5.92 Å². The molecule has 1 saturated heterocycles. The highest BCUT2D eigenvalue weighted by Crippen LogP contribution is 2.21. The summed E-state index contributed by atoms with van der Waals surface area (Å²) in [5.41, 5.74) is -0.451. The third kappa shape index (κ3) is 4.27. The number of rotatable bonds is 3. The first-order valence-corrected chi connectivity index (χ1v) is 6.93. The van der Waals surface area contributed by atoms with Crippen LogP contribution in [-0.4, -0.2) is 41.3 Å². The molecular weight excluding hydrogens is 280 g/mol. The number of amides is 1. The van der Waals surface area contributed by atoms with Crippen molar-refractivity contribution in [3.63, 3.8) is 0 Å². The van der Waals surface area contributed by atoms with Crippen molar-refractivity contribution in [1.29, 1.82) is 0 Å². The van der Waals surface area contributed by atoms with Gasteiger partial charge in [-0.25, -0.2) is 9.78 Å². The molecule has 0 N–H and O–H groups in total. The van der Waals surface area contributed by atoms with Gasteiger partial charge >= 0.3 is 6.09 Å². The van der Waals surface area contributed by atoms with E-state index in [2.05, 4.69) is 4.98 Å². The molecule has 1 fully saturated rings. The van der Waals surface area contributed by atoms with E-state index in [0.29, 0.717) is 36.5 Å². The molecule has 0 bridgehead atoms. The second-order valence-electron chi connectivity index (χ2n) is 5.88. The van der Waals surface area contributed by atoms with Gasteiger partial charge in [0.05, 0.1) is 12.8 Å². The third-order valence-electron chi connectivity index (χ3n) is 2.79. The van der Waals surface area contributed by atoms with Gasteiger partial charge < -0.3 is 14.4 Å². The maximum Gasteiger partial charge on any atom is 0.410 e. The summed E-state index contributed by atoms with van der Waals surface area (Å²) in [5.74, 6) is 1.02. The largest absolute Gasteiger partial charge is 0.492 e. The molecule has 0 radical (unpaired) electrons. The molecule has 0 aliphatic carbocycles. The summed E-state index contributed by atoms with van der Waals surface area (Å²) >= 11 is 5.69. The van der Waals surface area contributed by atoms with E-state index in [0.717, 1.165) is 0 Å². The van der Waals surface area contributed by atoms with E-state index in [1.807, 2.05) is 20.8 Å². The predicted octanol–water partition coefficient (Wildman–Crippen LogP) is 2.98. The molecule has 2 rings (SSSR count). The number of aromatic nitrogens is 1. The number of pyridine rings is 1. The number of nitrogens with zero attached hydrogens (tertiary/aromatic N) is 2. The Morgan fingerprint density at radius 1 is 1.45 bits per heavy atom. The van der Waals surface area contributed by atoms with E-state index >= 15 is 0 Å². The van der Waals surface area contributed by atoms with E-state index in [4.69, 9.17) is 21.1 Å². The number of hydrogen-bond donors (Lipinski definition) is 0. The molecule has 1 aliphatic rings. The molecule has 0 unspecified atom stereocenters. The minimum Gasteiger partial charge on any atom is -0.492 e. The van der Waals surface area contributed by atoms with E-state index in [9.17, 15) is 4.79 Å². The van der Waals surface area contributed by atoms with Crippen molar-refractivity contribution in [2.45, 2.75) is 26.4 Å². The number of ether oxygens (including phenoxy) is 2. The Balaban J connectivity index is 1.69. The summed E-state index contributed by atoms with van der Waals surface area (Å²) < 4.78 is 10.9. The Labute approximate surface area is 123 Å². The molecule has 1 aromatic heterocycles. The Bertz CT molecular complexity index is 464. The molecule has 5 nitrogen and oxygen atoms in total. The van der Waals surface area contributed by atoms with Crippen LogP contribution in [0.15, 0.2) is 18.3 Å². The van der Waals surface area contributed by atoms with Crippen LogP contribution < -0.4 is 4.74 Å². The zero-order valence-electron chi connectivity index (χ0n) is 11.9. The number of hydrogen-bond acceptors (Lipinski definition) is 4. The molecule has 0 spiro atoms. The number of halogens is 1. The van der Waals surface area contributed by atoms with Crippen molar-refractivity contribution < 1.29 is 14.3 Å².